The maximum atomic E-state index is 6.01. The summed E-state index contributed by atoms with van der Waals surface area (Å²) in [5.41, 5.74) is 6.59. The number of benzene rings is 4. The Morgan fingerprint density at radius 2 is 1.41 bits per heavy atom. The van der Waals surface area contributed by atoms with E-state index in [1.165, 1.54) is 85.3 Å². The molecule has 0 spiro atoms. The van der Waals surface area contributed by atoms with Crippen molar-refractivity contribution >= 4 is 61.8 Å². The Morgan fingerprint density at radius 1 is 0.714 bits per heavy atom. The van der Waals surface area contributed by atoms with E-state index in [2.05, 4.69) is 149 Å². The summed E-state index contributed by atoms with van der Waals surface area (Å²) in [6.07, 6.45) is 4.87. The Morgan fingerprint density at radius 3 is 2.20 bits per heavy atom. The fourth-order valence-corrected chi connectivity index (χ4v) is 12.9. The number of aryl methyl sites for hydroxylation is 2. The van der Waals surface area contributed by atoms with Crippen molar-refractivity contribution in [2.24, 2.45) is 7.05 Å². The van der Waals surface area contributed by atoms with Gasteiger partial charge in [-0.2, -0.15) is 18.2 Å². The monoisotopic (exact) mass is 831 g/mol. The van der Waals surface area contributed by atoms with E-state index in [9.17, 15) is 0 Å². The minimum atomic E-state index is -2.10. The van der Waals surface area contributed by atoms with Gasteiger partial charge in [0, 0.05) is 43.5 Å². The van der Waals surface area contributed by atoms with Crippen molar-refractivity contribution in [1.82, 2.24) is 4.57 Å². The van der Waals surface area contributed by atoms with Crippen LogP contribution in [0.2, 0.25) is 12.6 Å². The third-order valence-electron chi connectivity index (χ3n) is 10.3. The second-order valence-electron chi connectivity index (χ2n) is 14.6. The first kappa shape index (κ1) is 38.7. The van der Waals surface area contributed by atoms with Crippen LogP contribution in [0.4, 0.5) is 0 Å². The first-order chi connectivity index (χ1) is 22.2. The van der Waals surface area contributed by atoms with E-state index in [0.29, 0.717) is 0 Å². The summed E-state index contributed by atoms with van der Waals surface area (Å²) in [7, 11) is 0.0728. The number of nitrogens with zero attached hydrogens (tertiary/aromatic N) is 1. The largest absolute Gasteiger partial charge is 4.00 e. The normalized spacial score (nSPS) is 12.9. The van der Waals surface area contributed by atoms with E-state index in [0.717, 1.165) is 13.0 Å². The van der Waals surface area contributed by atoms with Crippen LogP contribution in [-0.2, 0) is 37.6 Å². The van der Waals surface area contributed by atoms with Crippen LogP contribution in [0.3, 0.4) is 0 Å². The second kappa shape index (κ2) is 15.5. The molecule has 7 rings (SSSR count). The molecule has 2 nitrogen and oxygen atoms in total. The molecule has 0 radical (unpaired) electrons. The van der Waals surface area contributed by atoms with Crippen LogP contribution in [0.1, 0.15) is 52.0 Å². The van der Waals surface area contributed by atoms with Crippen molar-refractivity contribution < 1.29 is 30.6 Å². The van der Waals surface area contributed by atoms with Gasteiger partial charge in [-0.15, -0.1) is 67.8 Å². The van der Waals surface area contributed by atoms with Crippen molar-refractivity contribution in [1.29, 1.82) is 0 Å². The quantitative estimate of drug-likeness (QED) is 0.0761. The van der Waals surface area contributed by atoms with E-state index in [1.54, 1.807) is 10.4 Å². The minimum absolute atomic E-state index is 0. The molecule has 7 aromatic rings. The van der Waals surface area contributed by atoms with Gasteiger partial charge in [-0.1, -0.05) is 80.7 Å². The van der Waals surface area contributed by atoms with Crippen molar-refractivity contribution in [3.8, 4) is 11.1 Å². The number of unbranched alkanes of at least 4 members (excludes halogenated alkanes) is 3. The van der Waals surface area contributed by atoms with Gasteiger partial charge >= 0.3 is 25.8 Å². The van der Waals surface area contributed by atoms with E-state index >= 15 is 0 Å². The predicted octanol–water partition coefficient (Wildman–Crippen LogP) is 11.5. The molecule has 252 valence electrons. The zero-order valence-corrected chi connectivity index (χ0v) is 35.5. The predicted molar refractivity (Wildman–Crippen MR) is 216 cm³/mol. The topological polar surface area (TPSA) is 14.2 Å². The molecule has 0 bridgehead atoms. The summed E-state index contributed by atoms with van der Waals surface area (Å²) in [5, 5.41) is 11.5. The Kier molecular flexibility index (Phi) is 12.2. The first-order valence-corrected chi connectivity index (χ1v) is 19.8. The van der Waals surface area contributed by atoms with Crippen LogP contribution in [0, 0.1) is 21.8 Å². The molecule has 0 fully saturated rings. The zero-order valence-electron chi connectivity index (χ0n) is 30.9. The molecule has 0 saturated carbocycles. The van der Waals surface area contributed by atoms with Gasteiger partial charge in [0.05, 0.1) is 5.60 Å². The molecular formula is C45H53HfNOSi. The summed E-state index contributed by atoms with van der Waals surface area (Å²) in [4.78, 5) is 0. The Labute approximate surface area is 315 Å². The Hall–Kier alpha value is -3.05. The molecule has 1 unspecified atom stereocenters. The van der Waals surface area contributed by atoms with Crippen LogP contribution in [0.5, 0.6) is 0 Å². The van der Waals surface area contributed by atoms with E-state index in [4.69, 9.17) is 4.74 Å². The number of fused-ring (bicyclic) bond motifs is 5. The van der Waals surface area contributed by atoms with Gasteiger partial charge in [0.2, 0.25) is 0 Å². The third kappa shape index (κ3) is 7.25. The molecule has 6 aromatic carbocycles. The first-order valence-electron chi connectivity index (χ1n) is 17.1. The molecule has 49 heavy (non-hydrogen) atoms. The van der Waals surface area contributed by atoms with Crippen molar-refractivity contribution in [3.63, 3.8) is 0 Å². The fraction of sp³-hybridized carbons (Fsp3) is 0.289. The number of para-hydroxylation sites is 1. The molecule has 0 N–H and O–H groups in total. The zero-order chi connectivity index (χ0) is 32.1. The van der Waals surface area contributed by atoms with Gasteiger partial charge in [0.1, 0.15) is 0 Å². The SMILES string of the molecule is Cc1cc2c(-c3ccc4c(c3)c3ccccc3n4C)cccc2[c-]1[Si](C)(CCCCCCOC(C)(C)C)[c-]1ccc2ccccc21.[CH3-].[CH3-].[Hf+4]. The van der Waals surface area contributed by atoms with E-state index < -0.39 is 8.07 Å². The molecular weight excluding hydrogens is 777 g/mol. The van der Waals surface area contributed by atoms with Gasteiger partial charge in [0.15, 0.2) is 0 Å². The summed E-state index contributed by atoms with van der Waals surface area (Å²) < 4.78 is 8.33. The van der Waals surface area contributed by atoms with Crippen molar-refractivity contribution in [3.05, 3.63) is 124 Å². The van der Waals surface area contributed by atoms with E-state index in [1.807, 2.05) is 0 Å². The maximum absolute atomic E-state index is 6.01. The number of ether oxygens (including phenoxy) is 1. The molecule has 0 saturated heterocycles. The molecule has 0 aliphatic carbocycles. The van der Waals surface area contributed by atoms with Gasteiger partial charge in [0.25, 0.3) is 0 Å². The molecule has 1 atom stereocenters. The van der Waals surface area contributed by atoms with Crippen molar-refractivity contribution in [2.45, 2.75) is 71.6 Å². The molecule has 1 heterocycles. The summed E-state index contributed by atoms with van der Waals surface area (Å²) in [6.45, 7) is 12.3. The fourth-order valence-electron chi connectivity index (χ4n) is 8.10. The van der Waals surface area contributed by atoms with Crippen LogP contribution < -0.4 is 10.4 Å². The second-order valence-corrected chi connectivity index (χ2v) is 18.8. The van der Waals surface area contributed by atoms with Crippen molar-refractivity contribution in [2.75, 3.05) is 6.61 Å². The van der Waals surface area contributed by atoms with Crippen LogP contribution >= 0.6 is 0 Å². The Bertz CT molecular complexity index is 2170. The molecule has 0 aliphatic rings. The minimum Gasteiger partial charge on any atom is -0.376 e. The van der Waals surface area contributed by atoms with E-state index in [-0.39, 0.29) is 46.3 Å². The average Bonchev–Trinajstić information content (AvgIpc) is 3.72. The molecule has 0 amide bonds. The number of hydrogen-bond donors (Lipinski definition) is 0. The smallest absolute Gasteiger partial charge is 0.376 e. The average molecular weight is 831 g/mol. The number of aromatic nitrogens is 1. The summed E-state index contributed by atoms with van der Waals surface area (Å²) in [6, 6.07) is 40.4. The van der Waals surface area contributed by atoms with Gasteiger partial charge in [-0.05, 0) is 51.0 Å². The number of rotatable bonds is 10. The molecule has 4 heteroatoms. The molecule has 1 aromatic heterocycles. The summed E-state index contributed by atoms with van der Waals surface area (Å²) in [5.74, 6) is 0. The van der Waals surface area contributed by atoms with Gasteiger partial charge < -0.3 is 24.2 Å². The van der Waals surface area contributed by atoms with Crippen LogP contribution in [0.15, 0.2) is 103 Å². The molecule has 0 aliphatic heterocycles. The van der Waals surface area contributed by atoms with Crippen LogP contribution in [-0.4, -0.2) is 24.8 Å². The standard InChI is InChI=1S/C43H47NOSi.2CH3.Hf/c1-30-28-37-33(32-22-24-40-38(29-32)35-18-11-12-21-39(35)44(40)5)19-15-20-36(37)42(30)46(6,27-14-8-7-13-26-45-43(2,3)4)41-25-23-31-16-9-10-17-34(31)41;;;/h9-12,15-25,28-29H,7-8,13-14,26-27H2,1-6H3;2*1H3;/q-2;2*-1;+4. The van der Waals surface area contributed by atoms with Gasteiger partial charge in [-0.25, -0.2) is 0 Å². The van der Waals surface area contributed by atoms with Crippen LogP contribution in [0.25, 0.3) is 54.5 Å². The Balaban J connectivity index is 0.00000180. The van der Waals surface area contributed by atoms with Gasteiger partial charge in [-0.3, -0.25) is 0 Å². The maximum Gasteiger partial charge on any atom is 4.00 e. The third-order valence-corrected chi connectivity index (χ3v) is 15.0. The number of hydrogen-bond acceptors (Lipinski definition) is 1. The summed E-state index contributed by atoms with van der Waals surface area (Å²) >= 11 is 0.